The number of nitrogens with zero attached hydrogens (tertiary/aromatic N) is 2. The maximum Gasteiger partial charge on any atom is 0.0593 e. The van der Waals surface area contributed by atoms with Crippen molar-refractivity contribution in [2.75, 3.05) is 19.0 Å². The lowest BCUT2D eigenvalue weighted by atomic mass is 9.91. The lowest BCUT2D eigenvalue weighted by Gasteiger charge is -2.36. The van der Waals surface area contributed by atoms with Crippen LogP contribution in [0.4, 0.5) is 17.1 Å². The SMILES string of the molecule is CN(C)Cc1ccc(N2c3ccccc3C(N)c3ccccc32)cc1. The van der Waals surface area contributed by atoms with Gasteiger partial charge in [-0.3, -0.25) is 0 Å². The minimum Gasteiger partial charge on any atom is -0.320 e. The number of nitrogens with two attached hydrogens (primary N) is 1. The topological polar surface area (TPSA) is 32.5 Å². The Morgan fingerprint density at radius 2 is 1.32 bits per heavy atom. The summed E-state index contributed by atoms with van der Waals surface area (Å²) >= 11 is 0. The maximum absolute atomic E-state index is 6.55. The van der Waals surface area contributed by atoms with Gasteiger partial charge < -0.3 is 15.5 Å². The van der Waals surface area contributed by atoms with E-state index >= 15 is 0 Å². The molecule has 1 heterocycles. The third-order valence-corrected chi connectivity index (χ3v) is 4.72. The minimum atomic E-state index is -0.0864. The van der Waals surface area contributed by atoms with E-state index in [0.717, 1.165) is 23.6 Å². The quantitative estimate of drug-likeness (QED) is 0.763. The first-order valence-electron chi connectivity index (χ1n) is 8.62. The molecule has 0 atom stereocenters. The average molecular weight is 329 g/mol. The zero-order valence-corrected chi connectivity index (χ0v) is 14.7. The standard InChI is InChI=1S/C22H23N3/c1-24(2)15-16-11-13-17(14-12-16)25-20-9-5-3-7-18(20)22(23)19-8-4-6-10-21(19)25/h3-14,22H,15,23H2,1-2H3. The highest BCUT2D eigenvalue weighted by Crippen LogP contribution is 2.46. The van der Waals surface area contributed by atoms with Crippen LogP contribution >= 0.6 is 0 Å². The van der Waals surface area contributed by atoms with E-state index in [9.17, 15) is 0 Å². The third-order valence-electron chi connectivity index (χ3n) is 4.72. The van der Waals surface area contributed by atoms with Gasteiger partial charge in [-0.1, -0.05) is 48.5 Å². The molecule has 0 fully saturated rings. The minimum absolute atomic E-state index is 0.0864. The molecule has 2 N–H and O–H groups in total. The smallest absolute Gasteiger partial charge is 0.0593 e. The fraction of sp³-hybridized carbons (Fsp3) is 0.182. The molecule has 3 nitrogen and oxygen atoms in total. The van der Waals surface area contributed by atoms with Crippen molar-refractivity contribution in [2.45, 2.75) is 12.6 Å². The average Bonchev–Trinajstić information content (AvgIpc) is 2.63. The Bertz CT molecular complexity index is 836. The molecule has 4 rings (SSSR count). The second-order valence-electron chi connectivity index (χ2n) is 6.83. The monoisotopic (exact) mass is 329 g/mol. The van der Waals surface area contributed by atoms with Crippen LogP contribution in [-0.4, -0.2) is 19.0 Å². The van der Waals surface area contributed by atoms with Gasteiger partial charge in [0.15, 0.2) is 0 Å². The van der Waals surface area contributed by atoms with Crippen LogP contribution in [-0.2, 0) is 6.54 Å². The zero-order valence-electron chi connectivity index (χ0n) is 14.7. The number of rotatable bonds is 3. The lowest BCUT2D eigenvalue weighted by Crippen LogP contribution is -2.25. The van der Waals surface area contributed by atoms with Gasteiger partial charge in [-0.2, -0.15) is 0 Å². The van der Waals surface area contributed by atoms with Gasteiger partial charge in [0.25, 0.3) is 0 Å². The van der Waals surface area contributed by atoms with Gasteiger partial charge in [0.2, 0.25) is 0 Å². The van der Waals surface area contributed by atoms with Crippen molar-refractivity contribution in [3.05, 3.63) is 89.5 Å². The maximum atomic E-state index is 6.55. The molecule has 0 bridgehead atoms. The molecule has 0 saturated heterocycles. The summed E-state index contributed by atoms with van der Waals surface area (Å²) in [7, 11) is 4.18. The predicted octanol–water partition coefficient (Wildman–Crippen LogP) is 4.58. The third kappa shape index (κ3) is 2.82. The molecule has 3 aromatic carbocycles. The molecule has 126 valence electrons. The van der Waals surface area contributed by atoms with E-state index in [1.165, 1.54) is 16.7 Å². The zero-order chi connectivity index (χ0) is 17.4. The second kappa shape index (κ2) is 6.36. The summed E-state index contributed by atoms with van der Waals surface area (Å²) in [5.41, 5.74) is 13.7. The summed E-state index contributed by atoms with van der Waals surface area (Å²) in [5.74, 6) is 0. The van der Waals surface area contributed by atoms with Crippen molar-refractivity contribution in [1.29, 1.82) is 0 Å². The Balaban J connectivity index is 1.83. The fourth-order valence-electron chi connectivity index (χ4n) is 3.60. The van der Waals surface area contributed by atoms with E-state index in [1.807, 2.05) is 0 Å². The van der Waals surface area contributed by atoms with Gasteiger partial charge in [-0.25, -0.2) is 0 Å². The van der Waals surface area contributed by atoms with E-state index in [4.69, 9.17) is 5.73 Å². The van der Waals surface area contributed by atoms with Gasteiger partial charge in [-0.15, -0.1) is 0 Å². The Morgan fingerprint density at radius 3 is 1.84 bits per heavy atom. The van der Waals surface area contributed by atoms with Crippen LogP contribution in [0.3, 0.4) is 0 Å². The van der Waals surface area contributed by atoms with E-state index in [0.29, 0.717) is 0 Å². The van der Waals surface area contributed by atoms with E-state index in [2.05, 4.69) is 96.7 Å². The molecule has 0 saturated carbocycles. The summed E-state index contributed by atoms with van der Waals surface area (Å²) in [5, 5.41) is 0. The van der Waals surface area contributed by atoms with Crippen molar-refractivity contribution in [3.63, 3.8) is 0 Å². The molecular formula is C22H23N3. The largest absolute Gasteiger partial charge is 0.320 e. The van der Waals surface area contributed by atoms with Gasteiger partial charge in [0.1, 0.15) is 0 Å². The summed E-state index contributed by atoms with van der Waals surface area (Å²) in [4.78, 5) is 4.49. The van der Waals surface area contributed by atoms with Crippen LogP contribution in [0.2, 0.25) is 0 Å². The van der Waals surface area contributed by atoms with Crippen molar-refractivity contribution in [1.82, 2.24) is 4.90 Å². The summed E-state index contributed by atoms with van der Waals surface area (Å²) < 4.78 is 0. The van der Waals surface area contributed by atoms with Crippen LogP contribution in [0.15, 0.2) is 72.8 Å². The van der Waals surface area contributed by atoms with Crippen molar-refractivity contribution >= 4 is 17.1 Å². The van der Waals surface area contributed by atoms with Crippen molar-refractivity contribution < 1.29 is 0 Å². The molecule has 1 aliphatic rings. The van der Waals surface area contributed by atoms with Crippen molar-refractivity contribution in [3.8, 4) is 0 Å². The highest BCUT2D eigenvalue weighted by Gasteiger charge is 2.28. The van der Waals surface area contributed by atoms with Gasteiger partial charge in [0.05, 0.1) is 17.4 Å². The molecule has 1 aliphatic heterocycles. The first-order valence-corrected chi connectivity index (χ1v) is 8.62. The van der Waals surface area contributed by atoms with Crippen LogP contribution in [0.25, 0.3) is 0 Å². The number of para-hydroxylation sites is 2. The number of anilines is 3. The van der Waals surface area contributed by atoms with E-state index < -0.39 is 0 Å². The Labute approximate surface area is 149 Å². The number of hydrogen-bond donors (Lipinski definition) is 1. The van der Waals surface area contributed by atoms with E-state index in [-0.39, 0.29) is 6.04 Å². The van der Waals surface area contributed by atoms with E-state index in [1.54, 1.807) is 0 Å². The second-order valence-corrected chi connectivity index (χ2v) is 6.83. The van der Waals surface area contributed by atoms with Gasteiger partial charge in [0, 0.05) is 12.2 Å². The van der Waals surface area contributed by atoms with Gasteiger partial charge in [-0.05, 0) is 55.1 Å². The molecule has 0 radical (unpaired) electrons. The predicted molar refractivity (Wildman–Crippen MR) is 105 cm³/mol. The number of hydrogen-bond acceptors (Lipinski definition) is 3. The molecular weight excluding hydrogens is 306 g/mol. The fourth-order valence-corrected chi connectivity index (χ4v) is 3.60. The van der Waals surface area contributed by atoms with Crippen LogP contribution in [0.5, 0.6) is 0 Å². The van der Waals surface area contributed by atoms with Crippen LogP contribution < -0.4 is 10.6 Å². The molecule has 3 aromatic rings. The molecule has 0 unspecified atom stereocenters. The van der Waals surface area contributed by atoms with Crippen LogP contribution in [0, 0.1) is 0 Å². The molecule has 0 spiro atoms. The van der Waals surface area contributed by atoms with Crippen molar-refractivity contribution in [2.24, 2.45) is 5.73 Å². The summed E-state index contributed by atoms with van der Waals surface area (Å²) in [6.45, 7) is 0.943. The first-order chi connectivity index (χ1) is 12.1. The Hall–Kier alpha value is -2.62. The first kappa shape index (κ1) is 15.9. The Morgan fingerprint density at radius 1 is 0.800 bits per heavy atom. The molecule has 0 aromatic heterocycles. The summed E-state index contributed by atoms with van der Waals surface area (Å²) in [6, 6.07) is 25.5. The molecule has 0 amide bonds. The number of benzene rings is 3. The van der Waals surface area contributed by atoms with Crippen LogP contribution in [0.1, 0.15) is 22.7 Å². The molecule has 25 heavy (non-hydrogen) atoms. The Kier molecular flexibility index (Phi) is 4.04. The summed E-state index contributed by atoms with van der Waals surface area (Å²) in [6.07, 6.45) is 0. The number of fused-ring (bicyclic) bond motifs is 2. The normalized spacial score (nSPS) is 13.7. The lowest BCUT2D eigenvalue weighted by molar-refractivity contribution is 0.402. The molecule has 0 aliphatic carbocycles. The molecule has 3 heteroatoms. The highest BCUT2D eigenvalue weighted by atomic mass is 15.2. The highest BCUT2D eigenvalue weighted by molar-refractivity contribution is 5.84. The van der Waals surface area contributed by atoms with Gasteiger partial charge >= 0.3 is 0 Å².